The number of nitrogens with one attached hydrogen (secondary N) is 1. The summed E-state index contributed by atoms with van der Waals surface area (Å²) >= 11 is 0. The molecule has 0 aliphatic heterocycles. The number of aryl methyl sites for hydroxylation is 1. The second kappa shape index (κ2) is 7.29. The van der Waals surface area contributed by atoms with Crippen LogP contribution in [0, 0.1) is 0 Å². The molecule has 1 N–H and O–H groups in total. The van der Waals surface area contributed by atoms with Crippen molar-refractivity contribution in [2.45, 2.75) is 44.4 Å². The van der Waals surface area contributed by atoms with Crippen LogP contribution in [0.2, 0.25) is 0 Å². The summed E-state index contributed by atoms with van der Waals surface area (Å²) in [6.45, 7) is 0.963. The van der Waals surface area contributed by atoms with Crippen LogP contribution < -0.4 is 10.1 Å². The molecule has 1 aliphatic carbocycles. The summed E-state index contributed by atoms with van der Waals surface area (Å²) in [5.74, 6) is 3.16. The molecule has 0 atom stereocenters. The maximum atomic E-state index is 5.28. The van der Waals surface area contributed by atoms with Crippen LogP contribution in [0.3, 0.4) is 0 Å². The lowest BCUT2D eigenvalue weighted by Gasteiger charge is -2.07. The van der Waals surface area contributed by atoms with Crippen molar-refractivity contribution in [2.75, 3.05) is 19.0 Å². The summed E-state index contributed by atoms with van der Waals surface area (Å²) in [5, 5.41) is 7.45. The lowest BCUT2D eigenvalue weighted by Crippen LogP contribution is -2.01. The van der Waals surface area contributed by atoms with Gasteiger partial charge in [0.25, 0.3) is 0 Å². The van der Waals surface area contributed by atoms with Gasteiger partial charge in [0.1, 0.15) is 5.75 Å². The molecular formula is C17H23N3O2. The van der Waals surface area contributed by atoms with Gasteiger partial charge in [0, 0.05) is 30.6 Å². The Hall–Kier alpha value is -2.04. The molecule has 0 amide bonds. The summed E-state index contributed by atoms with van der Waals surface area (Å²) < 4.78 is 10.5. The molecule has 0 bridgehead atoms. The van der Waals surface area contributed by atoms with Gasteiger partial charge in [-0.3, -0.25) is 0 Å². The molecule has 1 heterocycles. The van der Waals surface area contributed by atoms with Crippen LogP contribution in [0.5, 0.6) is 5.75 Å². The summed E-state index contributed by atoms with van der Waals surface area (Å²) in [5.41, 5.74) is 1.10. The number of hydrogen-bond donors (Lipinski definition) is 1. The van der Waals surface area contributed by atoms with Gasteiger partial charge < -0.3 is 14.6 Å². The molecule has 5 heteroatoms. The first-order chi connectivity index (χ1) is 10.8. The molecular weight excluding hydrogens is 278 g/mol. The standard InChI is InChI=1S/C17H23N3O2/c1-21-15-7-5-6-14(12-15)18-11-4-2-3-8-16-19-17(20-22-16)13-9-10-13/h5-7,12-13,18H,2-4,8-11H2,1H3. The number of anilines is 1. The van der Waals surface area contributed by atoms with Gasteiger partial charge >= 0.3 is 0 Å². The van der Waals surface area contributed by atoms with E-state index in [1.54, 1.807) is 7.11 Å². The Balaban J connectivity index is 1.30. The SMILES string of the molecule is COc1cccc(NCCCCCc2nc(C3CC3)no2)c1. The van der Waals surface area contributed by atoms with E-state index in [2.05, 4.69) is 21.5 Å². The molecule has 22 heavy (non-hydrogen) atoms. The summed E-state index contributed by atoms with van der Waals surface area (Å²) in [4.78, 5) is 4.45. The highest BCUT2D eigenvalue weighted by Crippen LogP contribution is 2.38. The van der Waals surface area contributed by atoms with Crippen LogP contribution >= 0.6 is 0 Å². The molecule has 0 saturated heterocycles. The number of methoxy groups -OCH3 is 1. The van der Waals surface area contributed by atoms with Gasteiger partial charge in [-0.05, 0) is 37.8 Å². The van der Waals surface area contributed by atoms with Crippen molar-refractivity contribution >= 4 is 5.69 Å². The minimum Gasteiger partial charge on any atom is -0.497 e. The third-order valence-corrected chi connectivity index (χ3v) is 3.89. The van der Waals surface area contributed by atoms with E-state index in [1.807, 2.05) is 18.2 Å². The molecule has 1 fully saturated rings. The first-order valence-electron chi connectivity index (χ1n) is 8.05. The highest BCUT2D eigenvalue weighted by molar-refractivity contribution is 5.47. The van der Waals surface area contributed by atoms with Gasteiger partial charge in [0.15, 0.2) is 5.82 Å². The number of ether oxygens (including phenoxy) is 1. The largest absolute Gasteiger partial charge is 0.497 e. The fraction of sp³-hybridized carbons (Fsp3) is 0.529. The molecule has 1 aromatic carbocycles. The first-order valence-corrected chi connectivity index (χ1v) is 8.05. The van der Waals surface area contributed by atoms with E-state index >= 15 is 0 Å². The molecule has 118 valence electrons. The van der Waals surface area contributed by atoms with Crippen molar-refractivity contribution in [3.8, 4) is 5.75 Å². The van der Waals surface area contributed by atoms with Gasteiger partial charge in [0.05, 0.1) is 7.11 Å². The van der Waals surface area contributed by atoms with Gasteiger partial charge in [-0.1, -0.05) is 17.6 Å². The Bertz CT molecular complexity index is 593. The van der Waals surface area contributed by atoms with Gasteiger partial charge in [0.2, 0.25) is 5.89 Å². The summed E-state index contributed by atoms with van der Waals surface area (Å²) in [6, 6.07) is 8.01. The average molecular weight is 301 g/mol. The Labute approximate surface area is 131 Å². The zero-order valence-electron chi connectivity index (χ0n) is 13.0. The quantitative estimate of drug-likeness (QED) is 0.714. The Morgan fingerprint density at radius 2 is 2.18 bits per heavy atom. The van der Waals surface area contributed by atoms with E-state index in [-0.39, 0.29) is 0 Å². The second-order valence-corrected chi connectivity index (χ2v) is 5.79. The summed E-state index contributed by atoms with van der Waals surface area (Å²) in [6.07, 6.45) is 6.69. The zero-order chi connectivity index (χ0) is 15.2. The molecule has 0 spiro atoms. The normalized spacial score (nSPS) is 14.0. The number of nitrogens with zero attached hydrogens (tertiary/aromatic N) is 2. The molecule has 0 unspecified atom stereocenters. The van der Waals surface area contributed by atoms with E-state index in [0.717, 1.165) is 55.4 Å². The second-order valence-electron chi connectivity index (χ2n) is 5.79. The van der Waals surface area contributed by atoms with Crippen molar-refractivity contribution in [1.29, 1.82) is 0 Å². The number of unbranched alkanes of at least 4 members (excludes halogenated alkanes) is 2. The molecule has 1 aliphatic rings. The smallest absolute Gasteiger partial charge is 0.226 e. The van der Waals surface area contributed by atoms with E-state index in [4.69, 9.17) is 9.26 Å². The highest BCUT2D eigenvalue weighted by atomic mass is 16.5. The van der Waals surface area contributed by atoms with E-state index in [1.165, 1.54) is 12.8 Å². The third kappa shape index (κ3) is 4.23. The monoisotopic (exact) mass is 301 g/mol. The third-order valence-electron chi connectivity index (χ3n) is 3.89. The summed E-state index contributed by atoms with van der Waals surface area (Å²) in [7, 11) is 1.69. The maximum Gasteiger partial charge on any atom is 0.226 e. The number of rotatable bonds is 9. The number of benzene rings is 1. The molecule has 1 aromatic heterocycles. The minimum atomic E-state index is 0.574. The van der Waals surface area contributed by atoms with Crippen LogP contribution in [0.4, 0.5) is 5.69 Å². The average Bonchev–Trinajstić information content (AvgIpc) is 3.30. The Kier molecular flexibility index (Phi) is 4.93. The van der Waals surface area contributed by atoms with Crippen molar-refractivity contribution in [3.05, 3.63) is 36.0 Å². The number of aromatic nitrogens is 2. The predicted molar refractivity (Wildman–Crippen MR) is 85.3 cm³/mol. The lowest BCUT2D eigenvalue weighted by atomic mass is 10.2. The van der Waals surface area contributed by atoms with E-state index in [0.29, 0.717) is 5.92 Å². The van der Waals surface area contributed by atoms with Gasteiger partial charge in [-0.25, -0.2) is 0 Å². The molecule has 0 radical (unpaired) electrons. The van der Waals surface area contributed by atoms with Crippen molar-refractivity contribution in [2.24, 2.45) is 0 Å². The highest BCUT2D eigenvalue weighted by Gasteiger charge is 2.28. The molecule has 1 saturated carbocycles. The topological polar surface area (TPSA) is 60.2 Å². The van der Waals surface area contributed by atoms with Gasteiger partial charge in [-0.2, -0.15) is 4.98 Å². The van der Waals surface area contributed by atoms with E-state index in [9.17, 15) is 0 Å². The fourth-order valence-corrected chi connectivity index (χ4v) is 2.42. The first kappa shape index (κ1) is 14.9. The predicted octanol–water partition coefficient (Wildman–Crippen LogP) is 3.78. The maximum absolute atomic E-state index is 5.28. The fourth-order valence-electron chi connectivity index (χ4n) is 2.42. The van der Waals surface area contributed by atoms with Crippen LogP contribution in [-0.4, -0.2) is 23.8 Å². The van der Waals surface area contributed by atoms with Crippen LogP contribution in [0.15, 0.2) is 28.8 Å². The Morgan fingerprint density at radius 1 is 1.27 bits per heavy atom. The zero-order valence-corrected chi connectivity index (χ0v) is 13.0. The number of hydrogen-bond acceptors (Lipinski definition) is 5. The molecule has 5 nitrogen and oxygen atoms in total. The van der Waals surface area contributed by atoms with Crippen molar-refractivity contribution < 1.29 is 9.26 Å². The molecule has 3 rings (SSSR count). The van der Waals surface area contributed by atoms with E-state index < -0.39 is 0 Å². The van der Waals surface area contributed by atoms with Gasteiger partial charge in [-0.15, -0.1) is 0 Å². The Morgan fingerprint density at radius 3 is 3.00 bits per heavy atom. The van der Waals surface area contributed by atoms with Crippen LogP contribution in [-0.2, 0) is 6.42 Å². The van der Waals surface area contributed by atoms with Crippen LogP contribution in [0.25, 0.3) is 0 Å². The lowest BCUT2D eigenvalue weighted by molar-refractivity contribution is 0.369. The van der Waals surface area contributed by atoms with Crippen molar-refractivity contribution in [1.82, 2.24) is 10.1 Å². The molecule has 2 aromatic rings. The van der Waals surface area contributed by atoms with Crippen molar-refractivity contribution in [3.63, 3.8) is 0 Å². The minimum absolute atomic E-state index is 0.574. The van der Waals surface area contributed by atoms with Crippen LogP contribution in [0.1, 0.15) is 49.7 Å².